The van der Waals surface area contributed by atoms with Gasteiger partial charge in [-0.05, 0) is 26.0 Å². The van der Waals surface area contributed by atoms with Crippen LogP contribution < -0.4 is 10.5 Å². The zero-order chi connectivity index (χ0) is 11.5. The first-order valence-electron chi connectivity index (χ1n) is 5.09. The van der Waals surface area contributed by atoms with Crippen molar-refractivity contribution in [3.63, 3.8) is 0 Å². The van der Waals surface area contributed by atoms with Gasteiger partial charge in [0, 0.05) is 12.2 Å². The number of hydrogen-bond donors (Lipinski definition) is 1. The Hall–Kier alpha value is -2.04. The lowest BCUT2D eigenvalue weighted by atomic mass is 10.4. The molecule has 0 aliphatic heterocycles. The Morgan fingerprint density at radius 3 is 2.81 bits per heavy atom. The number of aromatic nitrogens is 3. The van der Waals surface area contributed by atoms with Crippen molar-refractivity contribution in [2.45, 2.75) is 19.9 Å². The predicted molar refractivity (Wildman–Crippen MR) is 61.3 cm³/mol. The number of imidazole rings is 1. The summed E-state index contributed by atoms with van der Waals surface area (Å²) >= 11 is 0. The van der Waals surface area contributed by atoms with E-state index in [1.165, 1.54) is 0 Å². The van der Waals surface area contributed by atoms with Crippen molar-refractivity contribution < 1.29 is 4.74 Å². The van der Waals surface area contributed by atoms with Gasteiger partial charge >= 0.3 is 6.01 Å². The van der Waals surface area contributed by atoms with Crippen LogP contribution >= 0.6 is 0 Å². The number of anilines is 1. The summed E-state index contributed by atoms with van der Waals surface area (Å²) < 4.78 is 7.43. The molecule has 0 aliphatic carbocycles. The van der Waals surface area contributed by atoms with Crippen molar-refractivity contribution in [2.75, 3.05) is 5.73 Å². The van der Waals surface area contributed by atoms with Crippen LogP contribution in [-0.4, -0.2) is 14.5 Å². The molecule has 2 heterocycles. The number of pyridine rings is 1. The van der Waals surface area contributed by atoms with Crippen LogP contribution in [0.5, 0.6) is 11.8 Å². The van der Waals surface area contributed by atoms with Crippen LogP contribution in [0.4, 0.5) is 5.82 Å². The van der Waals surface area contributed by atoms with Gasteiger partial charge in [-0.3, -0.25) is 9.55 Å². The zero-order valence-corrected chi connectivity index (χ0v) is 9.29. The first kappa shape index (κ1) is 10.5. The summed E-state index contributed by atoms with van der Waals surface area (Å²) in [6.07, 6.45) is 4.91. The molecule has 0 atom stereocenters. The molecule has 2 aromatic rings. The molecule has 16 heavy (non-hydrogen) atoms. The molecule has 2 rings (SSSR count). The Kier molecular flexibility index (Phi) is 2.76. The fourth-order valence-electron chi connectivity index (χ4n) is 1.46. The quantitative estimate of drug-likeness (QED) is 0.857. The molecular weight excluding hydrogens is 204 g/mol. The monoisotopic (exact) mass is 218 g/mol. The average molecular weight is 218 g/mol. The van der Waals surface area contributed by atoms with Gasteiger partial charge in [0.25, 0.3) is 0 Å². The van der Waals surface area contributed by atoms with Crippen LogP contribution in [0.2, 0.25) is 0 Å². The molecule has 2 N–H and O–H groups in total. The third kappa shape index (κ3) is 1.98. The number of nitrogen functional groups attached to an aromatic ring is 1. The summed E-state index contributed by atoms with van der Waals surface area (Å²) in [6, 6.07) is 4.32. The fourth-order valence-corrected chi connectivity index (χ4v) is 1.46. The molecule has 0 bridgehead atoms. The largest absolute Gasteiger partial charge is 0.424 e. The normalized spacial score (nSPS) is 10.7. The van der Waals surface area contributed by atoms with Crippen LogP contribution in [0.3, 0.4) is 0 Å². The lowest BCUT2D eigenvalue weighted by Gasteiger charge is -2.12. The summed E-state index contributed by atoms with van der Waals surface area (Å²) in [5, 5.41) is 0. The molecule has 0 unspecified atom stereocenters. The number of nitrogens with two attached hydrogens (primary N) is 1. The van der Waals surface area contributed by atoms with E-state index in [0.717, 1.165) is 0 Å². The van der Waals surface area contributed by atoms with E-state index in [0.29, 0.717) is 17.6 Å². The van der Waals surface area contributed by atoms with Gasteiger partial charge in [0.05, 0.1) is 12.4 Å². The number of nitrogens with zero attached hydrogens (tertiary/aromatic N) is 3. The maximum absolute atomic E-state index is 5.80. The first-order valence-corrected chi connectivity index (χ1v) is 5.09. The molecule has 5 heteroatoms. The van der Waals surface area contributed by atoms with Gasteiger partial charge in [0.15, 0.2) is 0 Å². The van der Waals surface area contributed by atoms with E-state index in [9.17, 15) is 0 Å². The summed E-state index contributed by atoms with van der Waals surface area (Å²) in [4.78, 5) is 8.09. The number of rotatable bonds is 3. The van der Waals surface area contributed by atoms with Crippen molar-refractivity contribution in [3.8, 4) is 11.8 Å². The topological polar surface area (TPSA) is 66.0 Å². The van der Waals surface area contributed by atoms with Crippen molar-refractivity contribution in [1.82, 2.24) is 14.5 Å². The minimum absolute atomic E-state index is 0.203. The molecule has 5 nitrogen and oxygen atoms in total. The first-order chi connectivity index (χ1) is 7.68. The molecule has 0 spiro atoms. The minimum atomic E-state index is 0.203. The van der Waals surface area contributed by atoms with Gasteiger partial charge in [-0.25, -0.2) is 4.98 Å². The molecule has 84 valence electrons. The smallest absolute Gasteiger partial charge is 0.303 e. The third-order valence-corrected chi connectivity index (χ3v) is 2.15. The van der Waals surface area contributed by atoms with Crippen molar-refractivity contribution in [3.05, 3.63) is 30.7 Å². The van der Waals surface area contributed by atoms with Gasteiger partial charge in [-0.1, -0.05) is 0 Å². The lowest BCUT2D eigenvalue weighted by molar-refractivity contribution is 0.396. The van der Waals surface area contributed by atoms with E-state index in [2.05, 4.69) is 9.97 Å². The molecule has 0 saturated carbocycles. The highest BCUT2D eigenvalue weighted by molar-refractivity contribution is 5.33. The summed E-state index contributed by atoms with van der Waals surface area (Å²) in [7, 11) is 0. The van der Waals surface area contributed by atoms with Crippen LogP contribution in [0.15, 0.2) is 30.7 Å². The second-order valence-corrected chi connectivity index (χ2v) is 3.72. The van der Waals surface area contributed by atoms with E-state index in [4.69, 9.17) is 10.5 Å². The van der Waals surface area contributed by atoms with Crippen LogP contribution in [0.25, 0.3) is 0 Å². The summed E-state index contributed by atoms with van der Waals surface area (Å²) in [5.41, 5.74) is 5.80. The van der Waals surface area contributed by atoms with E-state index in [1.807, 2.05) is 24.5 Å². The molecule has 0 radical (unpaired) electrons. The molecule has 0 amide bonds. The number of hydrogen-bond acceptors (Lipinski definition) is 4. The standard InChI is InChI=1S/C11H14N4O/c1-8(2)15-10(12)7-14-11(15)16-9-4-3-5-13-6-9/h3-8H,12H2,1-2H3. The fraction of sp³-hybridized carbons (Fsp3) is 0.273. The summed E-state index contributed by atoms with van der Waals surface area (Å²) in [5.74, 6) is 1.24. The van der Waals surface area contributed by atoms with Gasteiger partial charge < -0.3 is 10.5 Å². The van der Waals surface area contributed by atoms with Gasteiger partial charge in [-0.2, -0.15) is 0 Å². The van der Waals surface area contributed by atoms with Crippen molar-refractivity contribution in [1.29, 1.82) is 0 Å². The molecule has 0 saturated heterocycles. The Morgan fingerprint density at radius 2 is 2.19 bits per heavy atom. The second-order valence-electron chi connectivity index (χ2n) is 3.72. The second kappa shape index (κ2) is 4.22. The van der Waals surface area contributed by atoms with Crippen LogP contribution in [0.1, 0.15) is 19.9 Å². The van der Waals surface area contributed by atoms with E-state index in [-0.39, 0.29) is 6.04 Å². The zero-order valence-electron chi connectivity index (χ0n) is 9.29. The van der Waals surface area contributed by atoms with E-state index < -0.39 is 0 Å². The number of ether oxygens (including phenoxy) is 1. The van der Waals surface area contributed by atoms with E-state index >= 15 is 0 Å². The predicted octanol–water partition coefficient (Wildman–Crippen LogP) is 2.23. The van der Waals surface area contributed by atoms with Gasteiger partial charge in [0.2, 0.25) is 0 Å². The molecule has 0 fully saturated rings. The van der Waals surface area contributed by atoms with Gasteiger partial charge in [0.1, 0.15) is 11.6 Å². The van der Waals surface area contributed by atoms with Crippen molar-refractivity contribution >= 4 is 5.82 Å². The third-order valence-electron chi connectivity index (χ3n) is 2.15. The molecule has 0 aromatic carbocycles. The maximum Gasteiger partial charge on any atom is 0.303 e. The van der Waals surface area contributed by atoms with Crippen LogP contribution in [-0.2, 0) is 0 Å². The van der Waals surface area contributed by atoms with Crippen LogP contribution in [0, 0.1) is 0 Å². The average Bonchev–Trinajstić information content (AvgIpc) is 2.61. The molecular formula is C11H14N4O. The highest BCUT2D eigenvalue weighted by Crippen LogP contribution is 2.25. The molecule has 0 aliphatic rings. The Labute approximate surface area is 93.9 Å². The Balaban J connectivity index is 2.29. The van der Waals surface area contributed by atoms with E-state index in [1.54, 1.807) is 24.7 Å². The highest BCUT2D eigenvalue weighted by Gasteiger charge is 2.12. The highest BCUT2D eigenvalue weighted by atomic mass is 16.5. The summed E-state index contributed by atoms with van der Waals surface area (Å²) in [6.45, 7) is 4.04. The minimum Gasteiger partial charge on any atom is -0.424 e. The SMILES string of the molecule is CC(C)n1c(N)cnc1Oc1cccnc1. The maximum atomic E-state index is 5.80. The van der Waals surface area contributed by atoms with Crippen molar-refractivity contribution in [2.24, 2.45) is 0 Å². The lowest BCUT2D eigenvalue weighted by Crippen LogP contribution is -2.06. The van der Waals surface area contributed by atoms with Gasteiger partial charge in [-0.15, -0.1) is 0 Å². The Bertz CT molecular complexity index is 464. The Morgan fingerprint density at radius 1 is 1.38 bits per heavy atom. The molecule has 2 aromatic heterocycles.